The van der Waals surface area contributed by atoms with Gasteiger partial charge in [0.05, 0.1) is 0 Å². The van der Waals surface area contributed by atoms with Crippen LogP contribution in [0.3, 0.4) is 0 Å². The molecule has 0 spiro atoms. The average Bonchev–Trinajstić information content (AvgIpc) is 2.67. The summed E-state index contributed by atoms with van der Waals surface area (Å²) in [6.45, 7) is 0.214. The molecular weight excluding hydrogens is 300 g/mol. The highest BCUT2D eigenvalue weighted by molar-refractivity contribution is 9.10. The molecule has 2 rings (SSSR count). The van der Waals surface area contributed by atoms with Gasteiger partial charge in [0.2, 0.25) is 10.7 Å². The van der Waals surface area contributed by atoms with Gasteiger partial charge in [0.25, 0.3) is 0 Å². The molecule has 1 amide bonds. The molecule has 0 bridgehead atoms. The zero-order chi connectivity index (χ0) is 13.0. The minimum atomic E-state index is -0.568. The third kappa shape index (κ3) is 3.30. The van der Waals surface area contributed by atoms with Gasteiger partial charge in [-0.2, -0.15) is 4.98 Å². The Morgan fingerprint density at radius 1 is 1.44 bits per heavy atom. The second-order valence-corrected chi connectivity index (χ2v) is 4.22. The van der Waals surface area contributed by atoms with Crippen LogP contribution in [0.1, 0.15) is 5.56 Å². The van der Waals surface area contributed by atoms with Crippen LogP contribution < -0.4 is 5.32 Å². The maximum Gasteiger partial charge on any atom is 0.414 e. The highest BCUT2D eigenvalue weighted by Gasteiger charge is 2.09. The number of ether oxygens (including phenoxy) is 1. The van der Waals surface area contributed by atoms with Gasteiger partial charge in [-0.15, -0.1) is 5.10 Å². The normalized spacial score (nSPS) is 10.1. The Morgan fingerprint density at radius 2 is 2.17 bits per heavy atom. The van der Waals surface area contributed by atoms with E-state index < -0.39 is 6.09 Å². The number of halogens is 1. The lowest BCUT2D eigenvalue weighted by atomic mass is 10.2. The SMILES string of the molecule is Cn1nc(Br)nc1NC(=O)OCc1ccccc1. The fourth-order valence-corrected chi connectivity index (χ4v) is 1.72. The fraction of sp³-hybridized carbons (Fsp3) is 0.182. The Hall–Kier alpha value is -1.89. The van der Waals surface area contributed by atoms with Crippen LogP contribution in [0.25, 0.3) is 0 Å². The average molecular weight is 311 g/mol. The van der Waals surface area contributed by atoms with Crippen molar-refractivity contribution in [2.24, 2.45) is 7.05 Å². The first-order valence-corrected chi connectivity index (χ1v) is 5.98. The van der Waals surface area contributed by atoms with Gasteiger partial charge in [-0.3, -0.25) is 5.32 Å². The van der Waals surface area contributed by atoms with Crippen molar-refractivity contribution in [3.63, 3.8) is 0 Å². The lowest BCUT2D eigenvalue weighted by molar-refractivity contribution is 0.155. The second kappa shape index (κ2) is 5.63. The first kappa shape index (κ1) is 12.6. The minimum Gasteiger partial charge on any atom is -0.444 e. The largest absolute Gasteiger partial charge is 0.444 e. The van der Waals surface area contributed by atoms with E-state index in [2.05, 4.69) is 31.3 Å². The molecule has 0 saturated carbocycles. The number of benzene rings is 1. The second-order valence-electron chi connectivity index (χ2n) is 3.51. The van der Waals surface area contributed by atoms with Crippen LogP contribution in [0.15, 0.2) is 35.1 Å². The molecule has 1 aromatic heterocycles. The van der Waals surface area contributed by atoms with E-state index in [1.165, 1.54) is 4.68 Å². The molecule has 94 valence electrons. The summed E-state index contributed by atoms with van der Waals surface area (Å²) < 4.78 is 6.89. The molecule has 1 N–H and O–H groups in total. The smallest absolute Gasteiger partial charge is 0.414 e. The summed E-state index contributed by atoms with van der Waals surface area (Å²) in [5.41, 5.74) is 0.923. The molecule has 0 aliphatic rings. The number of aryl methyl sites for hydroxylation is 1. The lowest BCUT2D eigenvalue weighted by Crippen LogP contribution is -2.16. The Labute approximate surface area is 112 Å². The highest BCUT2D eigenvalue weighted by atomic mass is 79.9. The number of nitrogens with one attached hydrogen (secondary N) is 1. The summed E-state index contributed by atoms with van der Waals surface area (Å²) in [5.74, 6) is 0.319. The van der Waals surface area contributed by atoms with Gasteiger partial charge in [0, 0.05) is 7.05 Å². The lowest BCUT2D eigenvalue weighted by Gasteiger charge is -2.05. The van der Waals surface area contributed by atoms with Gasteiger partial charge in [0.1, 0.15) is 6.61 Å². The van der Waals surface area contributed by atoms with Crippen LogP contribution >= 0.6 is 15.9 Å². The van der Waals surface area contributed by atoms with E-state index in [1.807, 2.05) is 30.3 Å². The molecule has 0 atom stereocenters. The van der Waals surface area contributed by atoms with E-state index in [-0.39, 0.29) is 6.61 Å². The van der Waals surface area contributed by atoms with E-state index >= 15 is 0 Å². The van der Waals surface area contributed by atoms with E-state index in [0.29, 0.717) is 10.7 Å². The van der Waals surface area contributed by atoms with Gasteiger partial charge in [-0.1, -0.05) is 30.3 Å². The molecule has 7 heteroatoms. The minimum absolute atomic E-state index is 0.214. The number of rotatable bonds is 3. The number of amides is 1. The van der Waals surface area contributed by atoms with Crippen molar-refractivity contribution in [2.75, 3.05) is 5.32 Å². The molecule has 0 aliphatic carbocycles. The van der Waals surface area contributed by atoms with Gasteiger partial charge in [0.15, 0.2) is 0 Å². The number of anilines is 1. The first-order chi connectivity index (χ1) is 8.65. The van der Waals surface area contributed by atoms with Gasteiger partial charge >= 0.3 is 6.09 Å². The van der Waals surface area contributed by atoms with Crippen LogP contribution in [-0.4, -0.2) is 20.9 Å². The summed E-state index contributed by atoms with van der Waals surface area (Å²) in [7, 11) is 1.67. The van der Waals surface area contributed by atoms with Crippen molar-refractivity contribution in [2.45, 2.75) is 6.61 Å². The van der Waals surface area contributed by atoms with Crippen LogP contribution in [-0.2, 0) is 18.4 Å². The summed E-state index contributed by atoms with van der Waals surface area (Å²) in [6.07, 6.45) is -0.568. The third-order valence-corrected chi connectivity index (χ3v) is 2.50. The molecule has 0 saturated heterocycles. The maximum atomic E-state index is 11.5. The highest BCUT2D eigenvalue weighted by Crippen LogP contribution is 2.08. The Balaban J connectivity index is 1.88. The first-order valence-electron chi connectivity index (χ1n) is 5.19. The zero-order valence-electron chi connectivity index (χ0n) is 9.63. The number of nitrogens with zero attached hydrogens (tertiary/aromatic N) is 3. The summed E-state index contributed by atoms with van der Waals surface area (Å²) in [6, 6.07) is 9.44. The van der Waals surface area contributed by atoms with E-state index in [4.69, 9.17) is 4.74 Å². The molecule has 1 heterocycles. The maximum absolute atomic E-state index is 11.5. The van der Waals surface area contributed by atoms with Gasteiger partial charge in [-0.25, -0.2) is 9.48 Å². The number of hydrogen-bond acceptors (Lipinski definition) is 4. The number of aromatic nitrogens is 3. The predicted octanol–water partition coefficient (Wildman–Crippen LogP) is 2.33. The van der Waals surface area contributed by atoms with Crippen LogP contribution in [0, 0.1) is 0 Å². The Morgan fingerprint density at radius 3 is 2.78 bits per heavy atom. The van der Waals surface area contributed by atoms with E-state index in [0.717, 1.165) is 5.56 Å². The number of carbonyl (C=O) groups is 1. The summed E-state index contributed by atoms with van der Waals surface area (Å²) >= 11 is 3.11. The zero-order valence-corrected chi connectivity index (χ0v) is 11.2. The van der Waals surface area contributed by atoms with Gasteiger partial charge < -0.3 is 4.74 Å². The molecule has 18 heavy (non-hydrogen) atoms. The molecule has 2 aromatic rings. The standard InChI is InChI=1S/C11H11BrN4O2/c1-16-10(13-9(12)15-16)14-11(17)18-7-8-5-3-2-4-6-8/h2-6H,7H2,1H3,(H,13,14,15,17). The van der Waals surface area contributed by atoms with Crippen molar-refractivity contribution in [1.29, 1.82) is 0 Å². The molecular formula is C11H11BrN4O2. The monoisotopic (exact) mass is 310 g/mol. The number of carbonyl (C=O) groups excluding carboxylic acids is 1. The molecule has 0 radical (unpaired) electrons. The summed E-state index contributed by atoms with van der Waals surface area (Å²) in [4.78, 5) is 15.5. The van der Waals surface area contributed by atoms with Crippen LogP contribution in [0.5, 0.6) is 0 Å². The van der Waals surface area contributed by atoms with Crippen molar-refractivity contribution >= 4 is 28.0 Å². The fourth-order valence-electron chi connectivity index (χ4n) is 1.31. The van der Waals surface area contributed by atoms with Crippen LogP contribution in [0.2, 0.25) is 0 Å². The molecule has 6 nitrogen and oxygen atoms in total. The topological polar surface area (TPSA) is 69.0 Å². The van der Waals surface area contributed by atoms with Crippen LogP contribution in [0.4, 0.5) is 10.7 Å². The van der Waals surface area contributed by atoms with E-state index in [1.54, 1.807) is 7.05 Å². The van der Waals surface area contributed by atoms with Crippen molar-refractivity contribution < 1.29 is 9.53 Å². The third-order valence-electron chi connectivity index (χ3n) is 2.16. The van der Waals surface area contributed by atoms with Crippen molar-refractivity contribution in [3.8, 4) is 0 Å². The van der Waals surface area contributed by atoms with Crippen molar-refractivity contribution in [3.05, 3.63) is 40.6 Å². The van der Waals surface area contributed by atoms with Gasteiger partial charge in [-0.05, 0) is 21.5 Å². The Kier molecular flexibility index (Phi) is 3.93. The quantitative estimate of drug-likeness (QED) is 0.944. The molecule has 1 aromatic carbocycles. The Bertz CT molecular complexity index is 541. The molecule has 0 fully saturated rings. The van der Waals surface area contributed by atoms with E-state index in [9.17, 15) is 4.79 Å². The predicted molar refractivity (Wildman–Crippen MR) is 69.0 cm³/mol. The van der Waals surface area contributed by atoms with Crippen molar-refractivity contribution in [1.82, 2.24) is 14.8 Å². The molecule has 0 aliphatic heterocycles. The number of hydrogen-bond donors (Lipinski definition) is 1. The molecule has 0 unspecified atom stereocenters. The summed E-state index contributed by atoms with van der Waals surface area (Å²) in [5, 5.41) is 6.43.